The Hall–Kier alpha value is -2.63. The summed E-state index contributed by atoms with van der Waals surface area (Å²) in [5, 5.41) is 13.8. The molecule has 3 heterocycles. The number of amides is 2. The molecule has 2 amide bonds. The van der Waals surface area contributed by atoms with Crippen LogP contribution in [0.3, 0.4) is 0 Å². The van der Waals surface area contributed by atoms with E-state index in [9.17, 15) is 19.5 Å². The number of hydrogen-bond acceptors (Lipinski definition) is 4. The maximum absolute atomic E-state index is 12.9. The average Bonchev–Trinajstić information content (AvgIpc) is 3.11. The smallest absolute Gasteiger partial charge is 0.262 e. The Balaban J connectivity index is 1.74. The minimum atomic E-state index is -0.614. The number of anilines is 1. The Morgan fingerprint density at radius 1 is 1.31 bits per heavy atom. The average molecular weight is 352 g/mol. The third-order valence-electron chi connectivity index (χ3n) is 6.83. The summed E-state index contributed by atoms with van der Waals surface area (Å²) in [6, 6.07) is 5.26. The minimum absolute atomic E-state index is 0.0312. The number of nitrogens with zero attached hydrogens (tertiary/aromatic N) is 1. The Morgan fingerprint density at radius 3 is 2.73 bits per heavy atom. The van der Waals surface area contributed by atoms with Crippen LogP contribution in [0.15, 0.2) is 29.5 Å². The van der Waals surface area contributed by atoms with Crippen LogP contribution in [0.1, 0.15) is 37.8 Å². The Kier molecular flexibility index (Phi) is 2.73. The second kappa shape index (κ2) is 4.55. The highest BCUT2D eigenvalue weighted by molar-refractivity contribution is 6.21. The molecule has 6 heteroatoms. The summed E-state index contributed by atoms with van der Waals surface area (Å²) in [4.78, 5) is 39.4. The van der Waals surface area contributed by atoms with E-state index in [1.807, 2.05) is 32.0 Å². The zero-order valence-corrected chi connectivity index (χ0v) is 14.9. The maximum Gasteiger partial charge on any atom is 0.262 e. The summed E-state index contributed by atoms with van der Waals surface area (Å²) in [6.45, 7) is 5.24. The number of aliphatic hydroxyl groups is 1. The minimum Gasteiger partial charge on any atom is -0.509 e. The van der Waals surface area contributed by atoms with Crippen LogP contribution in [-0.4, -0.2) is 39.2 Å². The third-order valence-corrected chi connectivity index (χ3v) is 6.83. The second-order valence-electron chi connectivity index (χ2n) is 8.32. The number of aliphatic hydroxyl groups excluding tert-OH is 1. The number of fused-ring (bicyclic) bond motifs is 4. The van der Waals surface area contributed by atoms with Gasteiger partial charge in [0.2, 0.25) is 5.91 Å². The number of carbonyl (C=O) groups excluding carboxylic acids is 3. The van der Waals surface area contributed by atoms with Gasteiger partial charge < -0.3 is 15.3 Å². The van der Waals surface area contributed by atoms with Crippen LogP contribution in [0.2, 0.25) is 0 Å². The van der Waals surface area contributed by atoms with Crippen LogP contribution in [0.25, 0.3) is 0 Å². The van der Waals surface area contributed by atoms with Crippen molar-refractivity contribution in [1.82, 2.24) is 4.90 Å². The molecule has 6 nitrogen and oxygen atoms in total. The molecule has 0 spiro atoms. The number of nitrogens with one attached hydrogen (secondary N) is 1. The molecule has 26 heavy (non-hydrogen) atoms. The van der Waals surface area contributed by atoms with Gasteiger partial charge in [-0.15, -0.1) is 0 Å². The standard InChI is InChI=1S/C20H20N2O4/c1-8(23)12-17(24)16-14-10(20(2,3)22(16)19(12)26)7-9-5-4-6-11-13(9)15(14)18(25)21-11/h4-6,10,14-16,24H,7H2,1-3H3,(H,21,25)/t10-,14-,15-,16+/m1/s1. The summed E-state index contributed by atoms with van der Waals surface area (Å²) in [6.07, 6.45) is 0.745. The normalized spacial score (nSPS) is 33.1. The van der Waals surface area contributed by atoms with Crippen molar-refractivity contribution in [3.63, 3.8) is 0 Å². The van der Waals surface area contributed by atoms with Crippen molar-refractivity contribution >= 4 is 23.3 Å². The first-order valence-electron chi connectivity index (χ1n) is 8.95. The van der Waals surface area contributed by atoms with E-state index in [-0.39, 0.29) is 29.1 Å². The molecule has 0 unspecified atom stereocenters. The molecule has 1 fully saturated rings. The van der Waals surface area contributed by atoms with E-state index in [0.29, 0.717) is 0 Å². The van der Waals surface area contributed by atoms with Crippen LogP contribution in [0, 0.1) is 11.8 Å². The first-order chi connectivity index (χ1) is 12.2. The molecule has 4 atom stereocenters. The van der Waals surface area contributed by atoms with E-state index in [1.165, 1.54) is 6.92 Å². The largest absolute Gasteiger partial charge is 0.509 e. The molecule has 0 aromatic heterocycles. The van der Waals surface area contributed by atoms with Gasteiger partial charge in [-0.1, -0.05) is 12.1 Å². The molecular weight excluding hydrogens is 332 g/mol. The lowest BCUT2D eigenvalue weighted by atomic mass is 9.64. The molecule has 1 saturated heterocycles. The lowest BCUT2D eigenvalue weighted by Gasteiger charge is -2.39. The Bertz CT molecular complexity index is 945. The van der Waals surface area contributed by atoms with E-state index in [1.54, 1.807) is 4.90 Å². The number of hydrogen-bond donors (Lipinski definition) is 2. The number of rotatable bonds is 1. The zero-order valence-electron chi connectivity index (χ0n) is 14.9. The lowest BCUT2D eigenvalue weighted by molar-refractivity contribution is -0.132. The highest BCUT2D eigenvalue weighted by Crippen LogP contribution is 2.60. The maximum atomic E-state index is 12.9. The Morgan fingerprint density at radius 2 is 2.04 bits per heavy atom. The van der Waals surface area contributed by atoms with E-state index in [0.717, 1.165) is 23.2 Å². The number of benzene rings is 1. The molecule has 5 rings (SSSR count). The van der Waals surface area contributed by atoms with E-state index < -0.39 is 29.2 Å². The number of carbonyl (C=O) groups is 3. The van der Waals surface area contributed by atoms with Gasteiger partial charge >= 0.3 is 0 Å². The molecule has 3 aliphatic heterocycles. The number of Topliss-reactive ketones (excluding diaryl/α,β-unsaturated/α-hetero) is 1. The number of ketones is 1. The second-order valence-corrected chi connectivity index (χ2v) is 8.32. The molecule has 4 aliphatic rings. The van der Waals surface area contributed by atoms with Gasteiger partial charge in [-0.3, -0.25) is 14.4 Å². The van der Waals surface area contributed by atoms with Gasteiger partial charge in [0, 0.05) is 17.1 Å². The predicted octanol–water partition coefficient (Wildman–Crippen LogP) is 1.91. The SMILES string of the molecule is CC(=O)C1=C(O)[C@@H]2[C@H]3[C@@H]4C(=O)Nc5cccc(c54)C[C@H]3C(C)(C)N2C1=O. The molecule has 1 aromatic rings. The van der Waals surface area contributed by atoms with E-state index in [2.05, 4.69) is 5.32 Å². The van der Waals surface area contributed by atoms with Gasteiger partial charge in [0.05, 0.1) is 12.0 Å². The fourth-order valence-corrected chi connectivity index (χ4v) is 5.82. The first kappa shape index (κ1) is 15.6. The molecule has 1 aliphatic carbocycles. The first-order valence-corrected chi connectivity index (χ1v) is 8.95. The van der Waals surface area contributed by atoms with Crippen LogP contribution in [0.5, 0.6) is 0 Å². The van der Waals surface area contributed by atoms with Gasteiger partial charge in [-0.25, -0.2) is 0 Å². The summed E-state index contributed by atoms with van der Waals surface area (Å²) < 4.78 is 0. The molecule has 0 radical (unpaired) electrons. The lowest BCUT2D eigenvalue weighted by Crippen LogP contribution is -2.47. The van der Waals surface area contributed by atoms with Crippen molar-refractivity contribution in [1.29, 1.82) is 0 Å². The van der Waals surface area contributed by atoms with Crippen molar-refractivity contribution in [2.24, 2.45) is 11.8 Å². The van der Waals surface area contributed by atoms with Gasteiger partial charge in [-0.05, 0) is 50.3 Å². The van der Waals surface area contributed by atoms with Crippen molar-refractivity contribution in [3.8, 4) is 0 Å². The van der Waals surface area contributed by atoms with Crippen LogP contribution < -0.4 is 5.32 Å². The third kappa shape index (κ3) is 1.56. The summed E-state index contributed by atoms with van der Waals surface area (Å²) >= 11 is 0. The zero-order chi connectivity index (χ0) is 18.5. The summed E-state index contributed by atoms with van der Waals surface area (Å²) in [7, 11) is 0. The Labute approximate surface area is 150 Å². The molecule has 1 aromatic carbocycles. The predicted molar refractivity (Wildman–Crippen MR) is 93.5 cm³/mol. The van der Waals surface area contributed by atoms with Crippen molar-refractivity contribution in [3.05, 3.63) is 40.7 Å². The summed E-state index contributed by atoms with van der Waals surface area (Å²) in [5.41, 5.74) is 2.26. The quantitative estimate of drug-likeness (QED) is 0.756. The van der Waals surface area contributed by atoms with Crippen molar-refractivity contribution < 1.29 is 19.5 Å². The van der Waals surface area contributed by atoms with Crippen LogP contribution in [-0.2, 0) is 20.8 Å². The van der Waals surface area contributed by atoms with Gasteiger partial charge in [0.15, 0.2) is 5.78 Å². The van der Waals surface area contributed by atoms with Crippen LogP contribution >= 0.6 is 0 Å². The van der Waals surface area contributed by atoms with Gasteiger partial charge in [0.1, 0.15) is 11.3 Å². The molecule has 0 saturated carbocycles. The fourth-order valence-electron chi connectivity index (χ4n) is 5.82. The topological polar surface area (TPSA) is 86.7 Å². The molecule has 134 valence electrons. The van der Waals surface area contributed by atoms with Crippen molar-refractivity contribution in [2.75, 3.05) is 5.32 Å². The highest BCUT2D eigenvalue weighted by atomic mass is 16.3. The van der Waals surface area contributed by atoms with E-state index >= 15 is 0 Å². The van der Waals surface area contributed by atoms with Gasteiger partial charge in [0.25, 0.3) is 5.91 Å². The van der Waals surface area contributed by atoms with Crippen LogP contribution in [0.4, 0.5) is 5.69 Å². The summed E-state index contributed by atoms with van der Waals surface area (Å²) in [5.74, 6) is -1.70. The molecule has 2 N–H and O–H groups in total. The monoisotopic (exact) mass is 352 g/mol. The molecular formula is C20H20N2O4. The molecule has 0 bridgehead atoms. The van der Waals surface area contributed by atoms with E-state index in [4.69, 9.17) is 0 Å². The highest BCUT2D eigenvalue weighted by Gasteiger charge is 2.66. The fraction of sp³-hybridized carbons (Fsp3) is 0.450. The van der Waals surface area contributed by atoms with Gasteiger partial charge in [-0.2, -0.15) is 0 Å². The van der Waals surface area contributed by atoms with Crippen molar-refractivity contribution in [2.45, 2.75) is 44.7 Å².